The summed E-state index contributed by atoms with van der Waals surface area (Å²) in [4.78, 5) is 14.7. The van der Waals surface area contributed by atoms with Crippen LogP contribution >= 0.6 is 11.3 Å². The van der Waals surface area contributed by atoms with Crippen molar-refractivity contribution in [3.05, 3.63) is 50.5 Å². The van der Waals surface area contributed by atoms with Crippen molar-refractivity contribution >= 4 is 22.7 Å². The molecule has 1 unspecified atom stereocenters. The topological polar surface area (TPSA) is 68.1 Å². The van der Waals surface area contributed by atoms with E-state index in [4.69, 9.17) is 0 Å². The van der Waals surface area contributed by atoms with Crippen LogP contribution in [0.2, 0.25) is 0 Å². The van der Waals surface area contributed by atoms with Gasteiger partial charge >= 0.3 is 0 Å². The summed E-state index contributed by atoms with van der Waals surface area (Å²) in [6.45, 7) is 4.63. The molecule has 1 N–H and O–H groups in total. The molecular formula is C13H15N3O2S. The summed E-state index contributed by atoms with van der Waals surface area (Å²) in [6, 6.07) is 5.03. The lowest BCUT2D eigenvalue weighted by atomic mass is 10.1. The Labute approximate surface area is 115 Å². The van der Waals surface area contributed by atoms with Gasteiger partial charge in [-0.15, -0.1) is 11.3 Å². The monoisotopic (exact) mass is 277 g/mol. The number of hydrogen-bond acceptors (Lipinski definition) is 5. The first-order valence-corrected chi connectivity index (χ1v) is 6.83. The van der Waals surface area contributed by atoms with E-state index in [1.165, 1.54) is 0 Å². The van der Waals surface area contributed by atoms with Gasteiger partial charge in [0.05, 0.1) is 9.93 Å². The van der Waals surface area contributed by atoms with Gasteiger partial charge in [-0.05, 0) is 18.6 Å². The maximum Gasteiger partial charge on any atom is 0.271 e. The van der Waals surface area contributed by atoms with E-state index in [2.05, 4.69) is 17.2 Å². The predicted molar refractivity (Wildman–Crippen MR) is 76.9 cm³/mol. The number of hydrogen-bond donors (Lipinski definition) is 1. The second-order valence-electron chi connectivity index (χ2n) is 4.47. The van der Waals surface area contributed by atoms with Crippen molar-refractivity contribution in [2.24, 2.45) is 0 Å². The molecule has 0 aliphatic rings. The first kappa shape index (κ1) is 13.5. The largest absolute Gasteiger partial charge is 0.384 e. The molecule has 6 heteroatoms. The molecule has 0 saturated heterocycles. The molecule has 1 atom stereocenters. The molecule has 0 radical (unpaired) electrons. The first-order chi connectivity index (χ1) is 9.06. The van der Waals surface area contributed by atoms with E-state index in [-0.39, 0.29) is 16.5 Å². The second kappa shape index (κ2) is 5.79. The zero-order chi connectivity index (χ0) is 13.8. The molecule has 2 rings (SSSR count). The maximum atomic E-state index is 10.8. The third-order valence-electron chi connectivity index (χ3n) is 2.76. The summed E-state index contributed by atoms with van der Waals surface area (Å²) in [5.41, 5.74) is 1.76. The molecule has 2 aromatic rings. The van der Waals surface area contributed by atoms with Crippen LogP contribution < -0.4 is 5.32 Å². The Hall–Kier alpha value is -1.95. The Morgan fingerprint density at radius 3 is 2.89 bits per heavy atom. The van der Waals surface area contributed by atoms with Crippen molar-refractivity contribution < 1.29 is 4.92 Å². The molecule has 0 aliphatic heterocycles. The number of nitro groups is 1. The van der Waals surface area contributed by atoms with Crippen LogP contribution in [-0.4, -0.2) is 16.5 Å². The standard InChI is InChI=1S/C13H15N3O2S/c1-9-5-11(7-12(6-9)16(17)18)15-8-10(2)13-14-3-4-19-13/h3-7,10,15H,8H2,1-2H3. The van der Waals surface area contributed by atoms with Gasteiger partial charge in [-0.3, -0.25) is 10.1 Å². The molecule has 100 valence electrons. The molecule has 0 saturated carbocycles. The van der Waals surface area contributed by atoms with Crippen LogP contribution in [0.1, 0.15) is 23.4 Å². The van der Waals surface area contributed by atoms with Crippen LogP contribution in [0.25, 0.3) is 0 Å². The number of rotatable bonds is 5. The molecule has 0 amide bonds. The summed E-state index contributed by atoms with van der Waals surface area (Å²) in [7, 11) is 0. The average Bonchev–Trinajstić information content (AvgIpc) is 2.89. The highest BCUT2D eigenvalue weighted by Gasteiger charge is 2.10. The number of aryl methyl sites for hydroxylation is 1. The van der Waals surface area contributed by atoms with Crippen molar-refractivity contribution in [2.75, 3.05) is 11.9 Å². The van der Waals surface area contributed by atoms with Gasteiger partial charge in [-0.2, -0.15) is 0 Å². The number of benzene rings is 1. The maximum absolute atomic E-state index is 10.8. The van der Waals surface area contributed by atoms with Gasteiger partial charge in [-0.1, -0.05) is 6.92 Å². The molecule has 1 heterocycles. The lowest BCUT2D eigenvalue weighted by Crippen LogP contribution is -2.09. The second-order valence-corrected chi connectivity index (χ2v) is 5.39. The smallest absolute Gasteiger partial charge is 0.271 e. The highest BCUT2D eigenvalue weighted by molar-refractivity contribution is 7.09. The highest BCUT2D eigenvalue weighted by Crippen LogP contribution is 2.22. The summed E-state index contributed by atoms with van der Waals surface area (Å²) in [6.07, 6.45) is 1.79. The Balaban J connectivity index is 2.05. The molecule has 1 aromatic carbocycles. The fraction of sp³-hybridized carbons (Fsp3) is 0.308. The molecule has 5 nitrogen and oxygen atoms in total. The molecule has 0 bridgehead atoms. The first-order valence-electron chi connectivity index (χ1n) is 5.95. The number of non-ortho nitro benzene ring substituents is 1. The van der Waals surface area contributed by atoms with Gasteiger partial charge in [0.25, 0.3) is 5.69 Å². The lowest BCUT2D eigenvalue weighted by molar-refractivity contribution is -0.384. The van der Waals surface area contributed by atoms with Gasteiger partial charge in [0.1, 0.15) is 0 Å². The SMILES string of the molecule is Cc1cc(NCC(C)c2nccs2)cc([N+](=O)[O-])c1. The molecular weight excluding hydrogens is 262 g/mol. The fourth-order valence-electron chi connectivity index (χ4n) is 1.81. The van der Waals surface area contributed by atoms with E-state index in [0.717, 1.165) is 16.3 Å². The Bertz CT molecular complexity index is 569. The number of nitrogens with zero attached hydrogens (tertiary/aromatic N) is 2. The highest BCUT2D eigenvalue weighted by atomic mass is 32.1. The molecule has 1 aromatic heterocycles. The molecule has 0 fully saturated rings. The number of nitro benzene ring substituents is 1. The van der Waals surface area contributed by atoms with Crippen molar-refractivity contribution in [2.45, 2.75) is 19.8 Å². The van der Waals surface area contributed by atoms with Gasteiger partial charge < -0.3 is 5.32 Å². The Kier molecular flexibility index (Phi) is 4.11. The van der Waals surface area contributed by atoms with Gasteiger partial charge in [0, 0.05) is 41.9 Å². The van der Waals surface area contributed by atoms with E-state index < -0.39 is 0 Å². The quantitative estimate of drug-likeness (QED) is 0.670. The van der Waals surface area contributed by atoms with E-state index in [0.29, 0.717) is 6.54 Å². The minimum absolute atomic E-state index is 0.115. The van der Waals surface area contributed by atoms with Crippen LogP contribution in [0.4, 0.5) is 11.4 Å². The van der Waals surface area contributed by atoms with Crippen molar-refractivity contribution in [3.63, 3.8) is 0 Å². The summed E-state index contributed by atoms with van der Waals surface area (Å²) >= 11 is 1.62. The van der Waals surface area contributed by atoms with Gasteiger partial charge in [-0.25, -0.2) is 4.98 Å². The third kappa shape index (κ3) is 3.51. The van der Waals surface area contributed by atoms with Crippen LogP contribution in [0, 0.1) is 17.0 Å². The Morgan fingerprint density at radius 1 is 1.47 bits per heavy atom. The average molecular weight is 277 g/mol. The molecule has 0 aliphatic carbocycles. The number of thiazole rings is 1. The number of aromatic nitrogens is 1. The lowest BCUT2D eigenvalue weighted by Gasteiger charge is -2.11. The van der Waals surface area contributed by atoms with Crippen LogP contribution in [0.15, 0.2) is 29.8 Å². The summed E-state index contributed by atoms with van der Waals surface area (Å²) in [5, 5.41) is 17.0. The van der Waals surface area contributed by atoms with Crippen molar-refractivity contribution in [1.29, 1.82) is 0 Å². The van der Waals surface area contributed by atoms with Gasteiger partial charge in [0.15, 0.2) is 0 Å². The minimum Gasteiger partial charge on any atom is -0.384 e. The molecule has 19 heavy (non-hydrogen) atoms. The van der Waals surface area contributed by atoms with Crippen LogP contribution in [0.3, 0.4) is 0 Å². The number of anilines is 1. The van der Waals surface area contributed by atoms with Crippen LogP contribution in [-0.2, 0) is 0 Å². The normalized spacial score (nSPS) is 12.1. The Morgan fingerprint density at radius 2 is 2.26 bits per heavy atom. The minimum atomic E-state index is -0.373. The van der Waals surface area contributed by atoms with Crippen molar-refractivity contribution in [1.82, 2.24) is 4.98 Å². The van der Waals surface area contributed by atoms with E-state index in [9.17, 15) is 10.1 Å². The van der Waals surface area contributed by atoms with E-state index >= 15 is 0 Å². The number of nitrogens with one attached hydrogen (secondary N) is 1. The van der Waals surface area contributed by atoms with Crippen LogP contribution in [0.5, 0.6) is 0 Å². The van der Waals surface area contributed by atoms with E-state index in [1.54, 1.807) is 29.7 Å². The fourth-order valence-corrected chi connectivity index (χ4v) is 2.50. The summed E-state index contributed by atoms with van der Waals surface area (Å²) in [5.74, 6) is 0.277. The molecule has 0 spiro atoms. The summed E-state index contributed by atoms with van der Waals surface area (Å²) < 4.78 is 0. The van der Waals surface area contributed by atoms with Crippen molar-refractivity contribution in [3.8, 4) is 0 Å². The van der Waals surface area contributed by atoms with Gasteiger partial charge in [0.2, 0.25) is 0 Å². The zero-order valence-electron chi connectivity index (χ0n) is 10.8. The predicted octanol–water partition coefficient (Wildman–Crippen LogP) is 3.58. The zero-order valence-corrected chi connectivity index (χ0v) is 11.6. The third-order valence-corrected chi connectivity index (χ3v) is 3.77. The van der Waals surface area contributed by atoms with E-state index in [1.807, 2.05) is 18.4 Å².